The molecule has 3 nitrogen and oxygen atoms in total. The Morgan fingerprint density at radius 3 is 1.21 bits per heavy atom. The van der Waals surface area contributed by atoms with Crippen molar-refractivity contribution >= 4 is 42.6 Å². The van der Waals surface area contributed by atoms with Gasteiger partial charge >= 0.3 is 7.32 Å². The van der Waals surface area contributed by atoms with Gasteiger partial charge in [0.2, 0.25) is 0 Å². The second-order valence-corrected chi connectivity index (χ2v) is 14.8. The minimum Gasteiger partial charge on any atom is -0.402 e. The van der Waals surface area contributed by atoms with Gasteiger partial charge in [0.1, 0.15) is 3.41 Å². The van der Waals surface area contributed by atoms with E-state index in [0.29, 0.717) is 6.61 Å². The molecule has 0 saturated carbocycles. The van der Waals surface area contributed by atoms with Crippen molar-refractivity contribution in [1.82, 2.24) is 0 Å². The normalized spacial score (nSPS) is 14.1. The van der Waals surface area contributed by atoms with Gasteiger partial charge in [0.15, 0.2) is 0 Å². The van der Waals surface area contributed by atoms with Crippen molar-refractivity contribution in [3.8, 4) is 0 Å². The Hall–Kier alpha value is 0.995. The third-order valence-corrected chi connectivity index (χ3v) is 9.57. The zero-order valence-corrected chi connectivity index (χ0v) is 19.4. The molecule has 0 unspecified atom stereocenters. The molecule has 7 heteroatoms. The van der Waals surface area contributed by atoms with Crippen LogP contribution >= 0.6 is 35.3 Å². The van der Waals surface area contributed by atoms with Gasteiger partial charge in [-0.3, -0.25) is 0 Å². The van der Waals surface area contributed by atoms with E-state index in [1.807, 2.05) is 35.3 Å². The van der Waals surface area contributed by atoms with Crippen LogP contribution in [0.2, 0.25) is 0 Å². The number of hydrogen-bond acceptors (Lipinski definition) is 6. The summed E-state index contributed by atoms with van der Waals surface area (Å²) in [5.74, 6) is 0. The first kappa shape index (κ1) is 25.0. The summed E-state index contributed by atoms with van der Waals surface area (Å²) in [6.45, 7) is 20.4. The average molecular weight is 396 g/mol. The van der Waals surface area contributed by atoms with Crippen LogP contribution in [0.15, 0.2) is 0 Å². The molecule has 0 aromatic carbocycles. The van der Waals surface area contributed by atoms with Crippen LogP contribution < -0.4 is 0 Å². The molecular weight excluding hydrogens is 359 g/mol. The van der Waals surface area contributed by atoms with E-state index in [1.54, 1.807) is 0 Å². The Labute approximate surface area is 163 Å². The standard InChI is InChI=1S/C17H37BO3S3/c1-10-14(4,5)22-17(13-21-18(19)20,23-15(6,7)11-2)24-16(8,9)12-3/h19-20H,10-13H2,1-9H3. The van der Waals surface area contributed by atoms with Crippen LogP contribution in [0.3, 0.4) is 0 Å². The van der Waals surface area contributed by atoms with E-state index in [4.69, 9.17) is 4.65 Å². The number of hydrogen-bond donors (Lipinski definition) is 2. The fraction of sp³-hybridized carbons (Fsp3) is 1.00. The molecule has 0 fully saturated rings. The molecule has 144 valence electrons. The highest BCUT2D eigenvalue weighted by Gasteiger charge is 2.45. The summed E-state index contributed by atoms with van der Waals surface area (Å²) in [5, 5.41) is 18.6. The van der Waals surface area contributed by atoms with Gasteiger partial charge in [-0.2, -0.15) is 0 Å². The molecule has 0 aromatic rings. The van der Waals surface area contributed by atoms with Crippen LogP contribution in [0.25, 0.3) is 0 Å². The Balaban J connectivity index is 5.79. The molecule has 0 heterocycles. The monoisotopic (exact) mass is 396 g/mol. The van der Waals surface area contributed by atoms with Crippen molar-refractivity contribution in [2.45, 2.75) is 99.2 Å². The van der Waals surface area contributed by atoms with Crippen LogP contribution in [0.1, 0.15) is 81.6 Å². The van der Waals surface area contributed by atoms with E-state index in [2.05, 4.69) is 62.3 Å². The van der Waals surface area contributed by atoms with Crippen molar-refractivity contribution in [2.24, 2.45) is 0 Å². The van der Waals surface area contributed by atoms with Gasteiger partial charge in [0.25, 0.3) is 0 Å². The minimum atomic E-state index is -1.73. The SMILES string of the molecule is CCC(C)(C)SC(COB(O)O)(SC(C)(C)CC)SC(C)(C)CC. The summed E-state index contributed by atoms with van der Waals surface area (Å²) >= 11 is 5.70. The van der Waals surface area contributed by atoms with E-state index < -0.39 is 7.32 Å². The zero-order chi connectivity index (χ0) is 19.2. The lowest BCUT2D eigenvalue weighted by Crippen LogP contribution is -2.40. The lowest BCUT2D eigenvalue weighted by atomic mass is 10.1. The third kappa shape index (κ3) is 9.63. The Morgan fingerprint density at radius 1 is 0.708 bits per heavy atom. The van der Waals surface area contributed by atoms with E-state index in [-0.39, 0.29) is 17.7 Å². The fourth-order valence-electron chi connectivity index (χ4n) is 1.81. The van der Waals surface area contributed by atoms with Gasteiger partial charge in [-0.1, -0.05) is 62.3 Å². The van der Waals surface area contributed by atoms with Crippen molar-refractivity contribution in [1.29, 1.82) is 0 Å². The average Bonchev–Trinajstić information content (AvgIpc) is 2.44. The highest BCUT2D eigenvalue weighted by atomic mass is 32.3. The number of thioether (sulfide) groups is 3. The highest BCUT2D eigenvalue weighted by Crippen LogP contribution is 2.60. The van der Waals surface area contributed by atoms with Gasteiger partial charge in [0.05, 0.1) is 6.61 Å². The smallest absolute Gasteiger partial charge is 0.402 e. The van der Waals surface area contributed by atoms with Gasteiger partial charge in [-0.25, -0.2) is 0 Å². The first-order chi connectivity index (χ1) is 10.7. The molecule has 0 aliphatic heterocycles. The van der Waals surface area contributed by atoms with Crippen molar-refractivity contribution < 1.29 is 14.7 Å². The highest BCUT2D eigenvalue weighted by molar-refractivity contribution is 8.34. The number of rotatable bonds is 12. The predicted octanol–water partition coefficient (Wildman–Crippen LogP) is 5.39. The lowest BCUT2D eigenvalue weighted by molar-refractivity contribution is 0.191. The Kier molecular flexibility index (Phi) is 10.2. The molecule has 0 atom stereocenters. The van der Waals surface area contributed by atoms with Crippen LogP contribution in [0, 0.1) is 0 Å². The molecule has 0 aliphatic carbocycles. The summed E-state index contributed by atoms with van der Waals surface area (Å²) < 4.78 is 5.27. The van der Waals surface area contributed by atoms with E-state index in [0.717, 1.165) is 19.3 Å². The summed E-state index contributed by atoms with van der Waals surface area (Å²) in [5.41, 5.74) is 0. The maximum Gasteiger partial charge on any atom is 0.634 e. The van der Waals surface area contributed by atoms with Gasteiger partial charge in [-0.15, -0.1) is 35.3 Å². The summed E-state index contributed by atoms with van der Waals surface area (Å²) in [6.07, 6.45) is 3.13. The van der Waals surface area contributed by atoms with E-state index in [1.165, 1.54) is 0 Å². The maximum absolute atomic E-state index is 9.29. The molecule has 0 saturated heterocycles. The molecular formula is C17H37BO3S3. The fourth-order valence-corrected chi connectivity index (χ4v) is 9.71. The Morgan fingerprint density at radius 2 is 1.00 bits per heavy atom. The molecule has 2 N–H and O–H groups in total. The maximum atomic E-state index is 9.29. The Bertz CT molecular complexity index is 329. The molecule has 0 amide bonds. The van der Waals surface area contributed by atoms with Crippen LogP contribution in [-0.4, -0.2) is 41.6 Å². The second-order valence-electron chi connectivity index (χ2n) is 7.97. The molecule has 0 bridgehead atoms. The molecule has 0 rings (SSSR count). The second kappa shape index (κ2) is 9.79. The summed E-state index contributed by atoms with van der Waals surface area (Å²) in [4.78, 5) is 0. The van der Waals surface area contributed by atoms with Crippen LogP contribution in [-0.2, 0) is 4.65 Å². The zero-order valence-electron chi connectivity index (χ0n) is 16.9. The third-order valence-electron chi connectivity index (χ3n) is 4.26. The quantitative estimate of drug-likeness (QED) is 0.341. The van der Waals surface area contributed by atoms with Crippen molar-refractivity contribution in [2.75, 3.05) is 6.61 Å². The van der Waals surface area contributed by atoms with Gasteiger partial charge < -0.3 is 14.7 Å². The van der Waals surface area contributed by atoms with Crippen molar-refractivity contribution in [3.63, 3.8) is 0 Å². The molecule has 0 aliphatic rings. The topological polar surface area (TPSA) is 49.7 Å². The van der Waals surface area contributed by atoms with Gasteiger partial charge in [-0.05, 0) is 19.3 Å². The first-order valence-electron chi connectivity index (χ1n) is 8.80. The molecule has 0 aromatic heterocycles. The molecule has 24 heavy (non-hydrogen) atoms. The largest absolute Gasteiger partial charge is 0.634 e. The molecule has 0 radical (unpaired) electrons. The van der Waals surface area contributed by atoms with Crippen LogP contribution in [0.4, 0.5) is 0 Å². The van der Waals surface area contributed by atoms with Crippen molar-refractivity contribution in [3.05, 3.63) is 0 Å². The minimum absolute atomic E-state index is 0.0808. The van der Waals surface area contributed by atoms with Crippen LogP contribution in [0.5, 0.6) is 0 Å². The lowest BCUT2D eigenvalue weighted by Gasteiger charge is -2.46. The summed E-state index contributed by atoms with van der Waals surface area (Å²) in [7, 11) is -1.73. The molecule has 0 spiro atoms. The summed E-state index contributed by atoms with van der Waals surface area (Å²) in [6, 6.07) is 0. The van der Waals surface area contributed by atoms with E-state index in [9.17, 15) is 10.0 Å². The first-order valence-corrected chi connectivity index (χ1v) is 11.3. The van der Waals surface area contributed by atoms with E-state index >= 15 is 0 Å². The predicted molar refractivity (Wildman–Crippen MR) is 115 cm³/mol. The van der Waals surface area contributed by atoms with Gasteiger partial charge in [0, 0.05) is 14.2 Å².